The Kier molecular flexibility index (Phi) is 5.65. The second-order valence-electron chi connectivity index (χ2n) is 5.32. The highest BCUT2D eigenvalue weighted by atomic mass is 79.9. The first-order chi connectivity index (χ1) is 9.95. The Morgan fingerprint density at radius 1 is 1.10 bits per heavy atom. The van der Waals surface area contributed by atoms with Gasteiger partial charge in [-0.15, -0.1) is 11.8 Å². The molecule has 110 valence electrons. The summed E-state index contributed by atoms with van der Waals surface area (Å²) < 4.78 is 0.995. The number of hydrogen-bond acceptors (Lipinski definition) is 2. The van der Waals surface area contributed by atoms with Gasteiger partial charge in [-0.05, 0) is 38.5 Å². The van der Waals surface area contributed by atoms with E-state index in [0.29, 0.717) is 0 Å². The Labute approximate surface area is 139 Å². The molecule has 2 aromatic rings. The van der Waals surface area contributed by atoms with Crippen LogP contribution < -0.4 is 0 Å². The molecular formula is C18H19BrOS. The van der Waals surface area contributed by atoms with E-state index in [1.54, 1.807) is 11.8 Å². The van der Waals surface area contributed by atoms with Gasteiger partial charge in [-0.1, -0.05) is 57.4 Å². The Morgan fingerprint density at radius 3 is 2.24 bits per heavy atom. The lowest BCUT2D eigenvalue weighted by Crippen LogP contribution is -2.13. The molecule has 1 atom stereocenters. The number of hydrogen-bond donors (Lipinski definition) is 0. The first-order valence-electron chi connectivity index (χ1n) is 6.94. The Bertz CT molecular complexity index is 614. The first kappa shape index (κ1) is 16.3. The minimum absolute atomic E-state index is 0.0352. The zero-order chi connectivity index (χ0) is 15.4. The predicted molar refractivity (Wildman–Crippen MR) is 95.1 cm³/mol. The van der Waals surface area contributed by atoms with Crippen LogP contribution in [0.5, 0.6) is 0 Å². The third kappa shape index (κ3) is 4.72. The summed E-state index contributed by atoms with van der Waals surface area (Å²) >= 11 is 5.08. The molecule has 0 aliphatic heterocycles. The van der Waals surface area contributed by atoms with Gasteiger partial charge in [-0.3, -0.25) is 4.79 Å². The molecule has 0 radical (unpaired) electrons. The van der Waals surface area contributed by atoms with Crippen LogP contribution in [0.1, 0.15) is 34.0 Å². The van der Waals surface area contributed by atoms with Crippen molar-refractivity contribution in [1.29, 1.82) is 0 Å². The van der Waals surface area contributed by atoms with Gasteiger partial charge in [0.2, 0.25) is 0 Å². The van der Waals surface area contributed by atoms with Crippen molar-refractivity contribution in [3.63, 3.8) is 0 Å². The molecule has 0 saturated carbocycles. The topological polar surface area (TPSA) is 17.1 Å². The molecular weight excluding hydrogens is 344 g/mol. The number of Topliss-reactive ketones (excluding diaryl/α,β-unsaturated/α-hetero) is 1. The van der Waals surface area contributed by atoms with Crippen molar-refractivity contribution < 1.29 is 4.79 Å². The summed E-state index contributed by atoms with van der Waals surface area (Å²) in [4.78, 5) is 12.4. The molecule has 3 heteroatoms. The number of aryl methyl sites for hydroxylation is 2. The van der Waals surface area contributed by atoms with Crippen LogP contribution >= 0.6 is 27.7 Å². The summed E-state index contributed by atoms with van der Waals surface area (Å²) in [6.07, 6.45) is 0. The summed E-state index contributed by atoms with van der Waals surface area (Å²) in [6, 6.07) is 14.1. The van der Waals surface area contributed by atoms with Gasteiger partial charge in [-0.25, -0.2) is 0 Å². The van der Waals surface area contributed by atoms with Crippen LogP contribution in [0.15, 0.2) is 46.9 Å². The maximum absolute atomic E-state index is 12.4. The molecule has 2 aromatic carbocycles. The van der Waals surface area contributed by atoms with Gasteiger partial charge in [-0.2, -0.15) is 0 Å². The van der Waals surface area contributed by atoms with Crippen molar-refractivity contribution in [2.45, 2.75) is 31.8 Å². The predicted octanol–water partition coefficient (Wildman–Crippen LogP) is 5.57. The molecule has 1 nitrogen and oxygen atoms in total. The van der Waals surface area contributed by atoms with E-state index in [9.17, 15) is 4.79 Å². The molecule has 0 N–H and O–H groups in total. The first-order valence-corrected chi connectivity index (χ1v) is 8.78. The number of carbonyl (C=O) groups excluding carboxylic acids is 1. The lowest BCUT2D eigenvalue weighted by molar-refractivity contribution is 0.0994. The number of rotatable bonds is 5. The van der Waals surface area contributed by atoms with E-state index in [2.05, 4.69) is 48.0 Å². The molecule has 0 fully saturated rings. The molecule has 21 heavy (non-hydrogen) atoms. The van der Waals surface area contributed by atoms with Crippen LogP contribution in [0.25, 0.3) is 0 Å². The van der Waals surface area contributed by atoms with Crippen molar-refractivity contribution in [3.05, 3.63) is 69.2 Å². The molecule has 0 heterocycles. The van der Waals surface area contributed by atoms with Crippen LogP contribution in [0, 0.1) is 13.8 Å². The SMILES string of the molecule is Cc1cc(C)cc(CSC(C)C(=O)c2ccc(Br)cc2)c1. The third-order valence-electron chi connectivity index (χ3n) is 3.28. The number of ketones is 1. The van der Waals surface area contributed by atoms with Crippen molar-refractivity contribution in [3.8, 4) is 0 Å². The second kappa shape index (κ2) is 7.28. The molecule has 1 unspecified atom stereocenters. The van der Waals surface area contributed by atoms with Crippen LogP contribution in [0.2, 0.25) is 0 Å². The van der Waals surface area contributed by atoms with Crippen molar-refractivity contribution >= 4 is 33.5 Å². The normalized spacial score (nSPS) is 12.2. The number of carbonyl (C=O) groups is 1. The van der Waals surface area contributed by atoms with Gasteiger partial charge in [0.15, 0.2) is 5.78 Å². The lowest BCUT2D eigenvalue weighted by atomic mass is 10.1. The van der Waals surface area contributed by atoms with Crippen molar-refractivity contribution in [2.75, 3.05) is 0 Å². The van der Waals surface area contributed by atoms with E-state index in [1.807, 2.05) is 31.2 Å². The molecule has 0 aliphatic rings. The van der Waals surface area contributed by atoms with E-state index in [-0.39, 0.29) is 11.0 Å². The van der Waals surface area contributed by atoms with E-state index < -0.39 is 0 Å². The summed E-state index contributed by atoms with van der Waals surface area (Å²) in [5.41, 5.74) is 4.61. The second-order valence-corrected chi connectivity index (χ2v) is 7.57. The van der Waals surface area contributed by atoms with E-state index in [1.165, 1.54) is 16.7 Å². The maximum atomic E-state index is 12.4. The van der Waals surface area contributed by atoms with E-state index >= 15 is 0 Å². The minimum atomic E-state index is -0.0352. The zero-order valence-electron chi connectivity index (χ0n) is 12.5. The fourth-order valence-electron chi connectivity index (χ4n) is 2.30. The number of halogens is 1. The van der Waals surface area contributed by atoms with Crippen LogP contribution in [-0.2, 0) is 5.75 Å². The third-order valence-corrected chi connectivity index (χ3v) is 5.02. The van der Waals surface area contributed by atoms with Crippen molar-refractivity contribution in [2.24, 2.45) is 0 Å². The smallest absolute Gasteiger partial charge is 0.175 e. The highest BCUT2D eigenvalue weighted by Gasteiger charge is 2.15. The molecule has 0 aliphatic carbocycles. The molecule has 0 saturated heterocycles. The average molecular weight is 363 g/mol. The van der Waals surface area contributed by atoms with Gasteiger partial charge in [0.05, 0.1) is 5.25 Å². The fraction of sp³-hybridized carbons (Fsp3) is 0.278. The summed E-state index contributed by atoms with van der Waals surface area (Å²) in [5, 5.41) is -0.0352. The minimum Gasteiger partial charge on any atom is -0.293 e. The Morgan fingerprint density at radius 2 is 1.67 bits per heavy atom. The maximum Gasteiger partial charge on any atom is 0.175 e. The molecule has 0 amide bonds. The van der Waals surface area contributed by atoms with Crippen molar-refractivity contribution in [1.82, 2.24) is 0 Å². The van der Waals surface area contributed by atoms with Gasteiger partial charge in [0.25, 0.3) is 0 Å². The highest BCUT2D eigenvalue weighted by Crippen LogP contribution is 2.23. The number of benzene rings is 2. The molecule has 2 rings (SSSR count). The summed E-state index contributed by atoms with van der Waals surface area (Å²) in [6.45, 7) is 6.20. The fourth-order valence-corrected chi connectivity index (χ4v) is 3.46. The summed E-state index contributed by atoms with van der Waals surface area (Å²) in [5.74, 6) is 1.06. The van der Waals surface area contributed by atoms with E-state index in [4.69, 9.17) is 0 Å². The largest absolute Gasteiger partial charge is 0.293 e. The van der Waals surface area contributed by atoms with Gasteiger partial charge < -0.3 is 0 Å². The van der Waals surface area contributed by atoms with Crippen LogP contribution in [0.4, 0.5) is 0 Å². The van der Waals surface area contributed by atoms with Gasteiger partial charge in [0.1, 0.15) is 0 Å². The monoisotopic (exact) mass is 362 g/mol. The lowest BCUT2D eigenvalue weighted by Gasteiger charge is -2.11. The Hall–Kier alpha value is -1.06. The average Bonchev–Trinajstić information content (AvgIpc) is 2.44. The zero-order valence-corrected chi connectivity index (χ0v) is 14.9. The number of thioether (sulfide) groups is 1. The van der Waals surface area contributed by atoms with E-state index in [0.717, 1.165) is 15.8 Å². The Balaban J connectivity index is 1.99. The standard InChI is InChI=1S/C18H19BrOS/c1-12-8-13(2)10-15(9-12)11-21-14(3)18(20)16-4-6-17(19)7-5-16/h4-10,14H,11H2,1-3H3. The highest BCUT2D eigenvalue weighted by molar-refractivity contribution is 9.10. The molecule has 0 bridgehead atoms. The van der Waals surface area contributed by atoms with Crippen LogP contribution in [0.3, 0.4) is 0 Å². The molecule has 0 spiro atoms. The van der Waals surface area contributed by atoms with Gasteiger partial charge >= 0.3 is 0 Å². The molecule has 0 aromatic heterocycles. The quantitative estimate of drug-likeness (QED) is 0.646. The summed E-state index contributed by atoms with van der Waals surface area (Å²) in [7, 11) is 0. The van der Waals surface area contributed by atoms with Gasteiger partial charge in [0, 0.05) is 15.8 Å². The van der Waals surface area contributed by atoms with Crippen LogP contribution in [-0.4, -0.2) is 11.0 Å².